The molecular formula is C19H22N4O. The number of aromatic nitrogens is 1. The highest BCUT2D eigenvalue weighted by Gasteiger charge is 2.21. The van der Waals surface area contributed by atoms with Crippen molar-refractivity contribution in [3.63, 3.8) is 0 Å². The van der Waals surface area contributed by atoms with Gasteiger partial charge in [-0.15, -0.1) is 0 Å². The molecule has 0 amide bonds. The summed E-state index contributed by atoms with van der Waals surface area (Å²) in [6, 6.07) is 15.8. The van der Waals surface area contributed by atoms with Gasteiger partial charge in [0.15, 0.2) is 0 Å². The summed E-state index contributed by atoms with van der Waals surface area (Å²) in [5.74, 6) is 0.680. The molecule has 1 aromatic carbocycles. The van der Waals surface area contributed by atoms with Crippen LogP contribution in [0.3, 0.4) is 0 Å². The van der Waals surface area contributed by atoms with Crippen molar-refractivity contribution in [2.45, 2.75) is 32.6 Å². The van der Waals surface area contributed by atoms with Crippen molar-refractivity contribution in [2.24, 2.45) is 0 Å². The number of hydrogen-bond donors (Lipinski definition) is 1. The molecule has 2 aromatic rings. The van der Waals surface area contributed by atoms with Crippen molar-refractivity contribution in [1.29, 1.82) is 5.26 Å². The third kappa shape index (κ3) is 4.31. The Morgan fingerprint density at radius 2 is 1.96 bits per heavy atom. The van der Waals surface area contributed by atoms with Crippen LogP contribution < -0.4 is 5.32 Å². The maximum atomic E-state index is 8.94. The summed E-state index contributed by atoms with van der Waals surface area (Å²) >= 11 is 0. The zero-order chi connectivity index (χ0) is 16.9. The molecule has 2 heterocycles. The minimum Gasteiger partial charge on any atom is -0.373 e. The first-order valence-corrected chi connectivity index (χ1v) is 8.23. The number of benzene rings is 1. The minimum atomic E-state index is 0.271. The Morgan fingerprint density at radius 1 is 1.21 bits per heavy atom. The van der Waals surface area contributed by atoms with Gasteiger partial charge in [0.1, 0.15) is 17.6 Å². The Balaban J connectivity index is 1.69. The fraction of sp³-hybridized carbons (Fsp3) is 0.368. The molecule has 1 fully saturated rings. The monoisotopic (exact) mass is 322 g/mol. The number of nitrogens with zero attached hydrogens (tertiary/aromatic N) is 3. The molecule has 5 nitrogen and oxygen atoms in total. The highest BCUT2D eigenvalue weighted by molar-refractivity contribution is 5.57. The van der Waals surface area contributed by atoms with E-state index in [-0.39, 0.29) is 12.2 Å². The van der Waals surface area contributed by atoms with E-state index >= 15 is 0 Å². The minimum absolute atomic E-state index is 0.271. The average molecular weight is 322 g/mol. The Bertz CT molecular complexity index is 730. The van der Waals surface area contributed by atoms with Crippen molar-refractivity contribution in [3.05, 3.63) is 53.7 Å². The highest BCUT2D eigenvalue weighted by atomic mass is 16.5. The number of nitriles is 1. The van der Waals surface area contributed by atoms with E-state index in [1.54, 1.807) is 6.07 Å². The van der Waals surface area contributed by atoms with Crippen LogP contribution in [0.4, 0.5) is 11.5 Å². The average Bonchev–Trinajstić information content (AvgIpc) is 2.54. The normalized spacial score (nSPS) is 21.2. The molecule has 0 bridgehead atoms. The molecule has 1 N–H and O–H groups in total. The quantitative estimate of drug-likeness (QED) is 0.936. The van der Waals surface area contributed by atoms with E-state index in [2.05, 4.69) is 47.3 Å². The van der Waals surface area contributed by atoms with Crippen LogP contribution in [0.2, 0.25) is 0 Å². The lowest BCUT2D eigenvalue weighted by atomic mass is 10.1. The Hall–Kier alpha value is -2.42. The smallest absolute Gasteiger partial charge is 0.142 e. The van der Waals surface area contributed by atoms with Gasteiger partial charge in [0, 0.05) is 25.3 Å². The summed E-state index contributed by atoms with van der Waals surface area (Å²) in [4.78, 5) is 6.68. The third-order valence-electron chi connectivity index (χ3n) is 3.96. The van der Waals surface area contributed by atoms with E-state index in [0.29, 0.717) is 11.5 Å². The maximum absolute atomic E-state index is 8.94. The second-order valence-electron chi connectivity index (χ2n) is 6.30. The van der Waals surface area contributed by atoms with E-state index in [9.17, 15) is 0 Å². The highest BCUT2D eigenvalue weighted by Crippen LogP contribution is 2.19. The number of morpholine rings is 1. The van der Waals surface area contributed by atoms with E-state index in [1.807, 2.05) is 24.3 Å². The standard InChI is InChI=1S/C19H22N4O/c1-14-11-23(12-15(2)24-14)13-16-5-3-6-17(9-16)21-19-8-4-7-18(10-20)22-19/h3-9,14-15H,11-13H2,1-2H3,(H,21,22). The van der Waals surface area contributed by atoms with Crippen molar-refractivity contribution in [3.8, 4) is 6.07 Å². The van der Waals surface area contributed by atoms with Crippen LogP contribution in [0.25, 0.3) is 0 Å². The summed E-state index contributed by atoms with van der Waals surface area (Å²) in [5.41, 5.74) is 2.63. The molecule has 2 unspecified atom stereocenters. The fourth-order valence-corrected chi connectivity index (χ4v) is 3.13. The first-order chi connectivity index (χ1) is 11.6. The van der Waals surface area contributed by atoms with Gasteiger partial charge in [0.25, 0.3) is 0 Å². The van der Waals surface area contributed by atoms with Gasteiger partial charge in [-0.3, -0.25) is 4.90 Å². The van der Waals surface area contributed by atoms with Crippen LogP contribution in [-0.4, -0.2) is 35.2 Å². The Kier molecular flexibility index (Phi) is 5.09. The molecule has 1 aromatic heterocycles. The van der Waals surface area contributed by atoms with Crippen LogP contribution >= 0.6 is 0 Å². The SMILES string of the molecule is CC1CN(Cc2cccc(Nc3cccc(C#N)n3)c2)CC(C)O1. The molecular weight excluding hydrogens is 300 g/mol. The van der Waals surface area contributed by atoms with Crippen molar-refractivity contribution in [1.82, 2.24) is 9.88 Å². The zero-order valence-electron chi connectivity index (χ0n) is 14.1. The molecule has 24 heavy (non-hydrogen) atoms. The number of nitrogens with one attached hydrogen (secondary N) is 1. The lowest BCUT2D eigenvalue weighted by Crippen LogP contribution is -2.44. The van der Waals surface area contributed by atoms with Crippen molar-refractivity contribution >= 4 is 11.5 Å². The van der Waals surface area contributed by atoms with Gasteiger partial charge >= 0.3 is 0 Å². The maximum Gasteiger partial charge on any atom is 0.142 e. The van der Waals surface area contributed by atoms with Gasteiger partial charge in [0.2, 0.25) is 0 Å². The van der Waals surface area contributed by atoms with E-state index in [1.165, 1.54) is 5.56 Å². The van der Waals surface area contributed by atoms with Crippen LogP contribution in [0, 0.1) is 11.3 Å². The summed E-state index contributed by atoms with van der Waals surface area (Å²) < 4.78 is 5.79. The summed E-state index contributed by atoms with van der Waals surface area (Å²) in [5, 5.41) is 12.2. The molecule has 5 heteroatoms. The van der Waals surface area contributed by atoms with Gasteiger partial charge in [-0.25, -0.2) is 4.98 Å². The Labute approximate surface area is 142 Å². The lowest BCUT2D eigenvalue weighted by Gasteiger charge is -2.35. The van der Waals surface area contributed by atoms with Crippen molar-refractivity contribution < 1.29 is 4.74 Å². The third-order valence-corrected chi connectivity index (χ3v) is 3.96. The van der Waals surface area contributed by atoms with Crippen LogP contribution in [0.1, 0.15) is 25.1 Å². The number of anilines is 2. The largest absolute Gasteiger partial charge is 0.373 e. The van der Waals surface area contributed by atoms with Gasteiger partial charge in [-0.1, -0.05) is 18.2 Å². The summed E-state index contributed by atoms with van der Waals surface area (Å²) in [7, 11) is 0. The number of pyridine rings is 1. The molecule has 124 valence electrons. The summed E-state index contributed by atoms with van der Waals surface area (Å²) in [6.07, 6.45) is 0.543. The van der Waals surface area contributed by atoms with Crippen LogP contribution in [0.15, 0.2) is 42.5 Å². The molecule has 2 atom stereocenters. The van der Waals surface area contributed by atoms with E-state index in [0.717, 1.165) is 25.3 Å². The first-order valence-electron chi connectivity index (χ1n) is 8.23. The lowest BCUT2D eigenvalue weighted by molar-refractivity contribution is -0.0704. The van der Waals surface area contributed by atoms with Crippen molar-refractivity contribution in [2.75, 3.05) is 18.4 Å². The van der Waals surface area contributed by atoms with Gasteiger partial charge in [-0.05, 0) is 43.7 Å². The molecule has 1 aliphatic heterocycles. The number of rotatable bonds is 4. The van der Waals surface area contributed by atoms with Gasteiger partial charge in [0.05, 0.1) is 12.2 Å². The molecule has 3 rings (SSSR count). The molecule has 0 saturated carbocycles. The second-order valence-corrected chi connectivity index (χ2v) is 6.30. The molecule has 1 aliphatic rings. The summed E-state index contributed by atoms with van der Waals surface area (Å²) in [6.45, 7) is 7.05. The van der Waals surface area contributed by atoms with E-state index < -0.39 is 0 Å². The molecule has 0 aliphatic carbocycles. The molecule has 0 spiro atoms. The second kappa shape index (κ2) is 7.43. The molecule has 1 saturated heterocycles. The fourth-order valence-electron chi connectivity index (χ4n) is 3.13. The number of hydrogen-bond acceptors (Lipinski definition) is 5. The predicted molar refractivity (Wildman–Crippen MR) is 94.0 cm³/mol. The predicted octanol–water partition coefficient (Wildman–Crippen LogP) is 3.31. The van der Waals surface area contributed by atoms with Gasteiger partial charge in [-0.2, -0.15) is 5.26 Å². The Morgan fingerprint density at radius 3 is 2.71 bits per heavy atom. The topological polar surface area (TPSA) is 61.2 Å². The number of ether oxygens (including phenoxy) is 1. The van der Waals surface area contributed by atoms with Crippen LogP contribution in [-0.2, 0) is 11.3 Å². The van der Waals surface area contributed by atoms with Crippen LogP contribution in [0.5, 0.6) is 0 Å². The first kappa shape index (κ1) is 16.4. The van der Waals surface area contributed by atoms with Gasteiger partial charge < -0.3 is 10.1 Å². The zero-order valence-corrected chi connectivity index (χ0v) is 14.1. The molecule has 0 radical (unpaired) electrons. The van der Waals surface area contributed by atoms with E-state index in [4.69, 9.17) is 10.00 Å².